The first kappa shape index (κ1) is 20.2. The molecular formula is C21H22ClNO5. The summed E-state index contributed by atoms with van der Waals surface area (Å²) in [6.07, 6.45) is 1.23. The highest BCUT2D eigenvalue weighted by atomic mass is 35.5. The molecule has 7 heteroatoms. The zero-order valence-electron chi connectivity index (χ0n) is 15.5. The summed E-state index contributed by atoms with van der Waals surface area (Å²) in [7, 11) is 0. The molecule has 2 aromatic carbocycles. The number of hydrogen-bond acceptors (Lipinski definition) is 5. The second-order valence-electron chi connectivity index (χ2n) is 6.52. The Hall–Kier alpha value is -2.57. The maximum Gasteiger partial charge on any atom is 0.338 e. The first-order valence-corrected chi connectivity index (χ1v) is 9.51. The average molecular weight is 404 g/mol. The normalized spacial score (nSPS) is 17.0. The SMILES string of the molecule is C[C@H](OC(=O)c1ccc(OC[C@@H]2CCCO2)cc1)C(=O)Nc1cccc(Cl)c1. The maximum absolute atomic E-state index is 12.3. The highest BCUT2D eigenvalue weighted by molar-refractivity contribution is 6.30. The fourth-order valence-corrected chi connectivity index (χ4v) is 2.93. The van der Waals surface area contributed by atoms with Crippen LogP contribution in [0, 0.1) is 0 Å². The van der Waals surface area contributed by atoms with E-state index < -0.39 is 18.0 Å². The zero-order chi connectivity index (χ0) is 19.9. The van der Waals surface area contributed by atoms with Crippen LogP contribution in [0.15, 0.2) is 48.5 Å². The fraction of sp³-hybridized carbons (Fsp3) is 0.333. The Morgan fingerprint density at radius 1 is 1.25 bits per heavy atom. The standard InChI is InChI=1S/C21H22ClNO5/c1-14(20(24)23-17-5-2-4-16(22)12-17)28-21(25)15-7-9-18(10-8-15)27-13-19-6-3-11-26-19/h2,4-5,7-10,12,14,19H,3,6,11,13H2,1H3,(H,23,24)/t14-,19-/m0/s1. The van der Waals surface area contributed by atoms with Gasteiger partial charge in [0.05, 0.1) is 11.7 Å². The molecule has 1 fully saturated rings. The lowest BCUT2D eigenvalue weighted by molar-refractivity contribution is -0.123. The third-order valence-corrected chi connectivity index (χ3v) is 4.53. The molecule has 1 aliphatic heterocycles. The van der Waals surface area contributed by atoms with E-state index in [4.69, 9.17) is 25.8 Å². The van der Waals surface area contributed by atoms with Crippen LogP contribution < -0.4 is 10.1 Å². The van der Waals surface area contributed by atoms with E-state index in [9.17, 15) is 9.59 Å². The van der Waals surface area contributed by atoms with Gasteiger partial charge in [0.15, 0.2) is 6.10 Å². The number of nitrogens with one attached hydrogen (secondary N) is 1. The van der Waals surface area contributed by atoms with Crippen molar-refractivity contribution in [1.29, 1.82) is 0 Å². The molecule has 6 nitrogen and oxygen atoms in total. The molecule has 0 unspecified atom stereocenters. The number of carbonyl (C=O) groups excluding carboxylic acids is 2. The number of hydrogen-bond donors (Lipinski definition) is 1. The van der Waals surface area contributed by atoms with Crippen LogP contribution in [0.3, 0.4) is 0 Å². The second-order valence-corrected chi connectivity index (χ2v) is 6.95. The van der Waals surface area contributed by atoms with Crippen LogP contribution in [-0.2, 0) is 14.3 Å². The van der Waals surface area contributed by atoms with Crippen LogP contribution >= 0.6 is 11.6 Å². The van der Waals surface area contributed by atoms with E-state index in [1.165, 1.54) is 6.92 Å². The molecule has 1 N–H and O–H groups in total. The predicted molar refractivity (Wildman–Crippen MR) is 106 cm³/mol. The van der Waals surface area contributed by atoms with Gasteiger partial charge in [-0.3, -0.25) is 4.79 Å². The van der Waals surface area contributed by atoms with Gasteiger partial charge in [0.25, 0.3) is 5.91 Å². The van der Waals surface area contributed by atoms with E-state index in [1.807, 2.05) is 0 Å². The van der Waals surface area contributed by atoms with Crippen LogP contribution in [0.5, 0.6) is 5.75 Å². The van der Waals surface area contributed by atoms with E-state index in [1.54, 1.807) is 48.5 Å². The van der Waals surface area contributed by atoms with Gasteiger partial charge < -0.3 is 19.5 Å². The minimum atomic E-state index is -0.957. The van der Waals surface area contributed by atoms with Crippen LogP contribution in [0.2, 0.25) is 5.02 Å². The highest BCUT2D eigenvalue weighted by Gasteiger charge is 2.20. The Balaban J connectivity index is 1.49. The van der Waals surface area contributed by atoms with Crippen molar-refractivity contribution in [3.05, 3.63) is 59.1 Å². The summed E-state index contributed by atoms with van der Waals surface area (Å²) in [5.41, 5.74) is 0.875. The zero-order valence-corrected chi connectivity index (χ0v) is 16.3. The quantitative estimate of drug-likeness (QED) is 0.705. The monoisotopic (exact) mass is 403 g/mol. The number of benzene rings is 2. The van der Waals surface area contributed by atoms with E-state index >= 15 is 0 Å². The van der Waals surface area contributed by atoms with E-state index in [0.29, 0.717) is 28.6 Å². The molecule has 1 saturated heterocycles. The smallest absolute Gasteiger partial charge is 0.338 e. The highest BCUT2D eigenvalue weighted by Crippen LogP contribution is 2.18. The van der Waals surface area contributed by atoms with Crippen molar-refractivity contribution in [3.8, 4) is 5.75 Å². The van der Waals surface area contributed by atoms with Crippen LogP contribution in [0.25, 0.3) is 0 Å². The maximum atomic E-state index is 12.3. The van der Waals surface area contributed by atoms with Crippen LogP contribution in [-0.4, -0.2) is 37.3 Å². The number of carbonyl (C=O) groups is 2. The molecule has 148 valence electrons. The summed E-state index contributed by atoms with van der Waals surface area (Å²) in [5, 5.41) is 3.16. The summed E-state index contributed by atoms with van der Waals surface area (Å²) in [6.45, 7) is 2.78. The van der Waals surface area contributed by atoms with Gasteiger partial charge in [0, 0.05) is 17.3 Å². The minimum Gasteiger partial charge on any atom is -0.491 e. The Morgan fingerprint density at radius 2 is 2.04 bits per heavy atom. The first-order chi connectivity index (χ1) is 13.5. The van der Waals surface area contributed by atoms with Gasteiger partial charge in [-0.2, -0.15) is 0 Å². The van der Waals surface area contributed by atoms with Crippen molar-refractivity contribution in [2.24, 2.45) is 0 Å². The van der Waals surface area contributed by atoms with Gasteiger partial charge in [0.1, 0.15) is 12.4 Å². The molecule has 0 bridgehead atoms. The summed E-state index contributed by atoms with van der Waals surface area (Å²) < 4.78 is 16.4. The van der Waals surface area contributed by atoms with Crippen LogP contribution in [0.4, 0.5) is 5.69 Å². The second kappa shape index (κ2) is 9.57. The molecule has 2 atom stereocenters. The Kier molecular flexibility index (Phi) is 6.90. The molecule has 28 heavy (non-hydrogen) atoms. The molecule has 2 aromatic rings. The molecule has 0 saturated carbocycles. The molecule has 0 radical (unpaired) electrons. The summed E-state index contributed by atoms with van der Waals surface area (Å²) in [6, 6.07) is 13.3. The predicted octanol–water partition coefficient (Wildman–Crippen LogP) is 4.08. The van der Waals surface area contributed by atoms with Crippen molar-refractivity contribution in [1.82, 2.24) is 0 Å². The van der Waals surface area contributed by atoms with Gasteiger partial charge in [0.2, 0.25) is 0 Å². The lowest BCUT2D eigenvalue weighted by Gasteiger charge is -2.14. The molecule has 0 aromatic heterocycles. The van der Waals surface area contributed by atoms with Crippen molar-refractivity contribution < 1.29 is 23.8 Å². The van der Waals surface area contributed by atoms with Crippen molar-refractivity contribution >= 4 is 29.2 Å². The van der Waals surface area contributed by atoms with E-state index in [0.717, 1.165) is 19.4 Å². The number of halogens is 1. The number of anilines is 1. The molecule has 1 amide bonds. The van der Waals surface area contributed by atoms with Crippen molar-refractivity contribution in [3.63, 3.8) is 0 Å². The fourth-order valence-electron chi connectivity index (χ4n) is 2.74. The summed E-state index contributed by atoms with van der Waals surface area (Å²) in [5.74, 6) is -0.370. The topological polar surface area (TPSA) is 73.9 Å². The third-order valence-electron chi connectivity index (χ3n) is 4.30. The molecule has 0 aliphatic carbocycles. The molecule has 0 spiro atoms. The van der Waals surface area contributed by atoms with Gasteiger partial charge in [-0.05, 0) is 62.2 Å². The Morgan fingerprint density at radius 3 is 2.71 bits per heavy atom. The van der Waals surface area contributed by atoms with Gasteiger partial charge >= 0.3 is 5.97 Å². The van der Waals surface area contributed by atoms with Gasteiger partial charge in [-0.1, -0.05) is 17.7 Å². The minimum absolute atomic E-state index is 0.128. The number of amides is 1. The summed E-state index contributed by atoms with van der Waals surface area (Å²) >= 11 is 5.89. The molecule has 1 heterocycles. The van der Waals surface area contributed by atoms with Crippen LogP contribution in [0.1, 0.15) is 30.1 Å². The Bertz CT molecular complexity index is 818. The summed E-state index contributed by atoms with van der Waals surface area (Å²) in [4.78, 5) is 24.5. The molecule has 1 aliphatic rings. The van der Waals surface area contributed by atoms with Crippen molar-refractivity contribution in [2.75, 3.05) is 18.5 Å². The first-order valence-electron chi connectivity index (χ1n) is 9.13. The third kappa shape index (κ3) is 5.71. The lowest BCUT2D eigenvalue weighted by atomic mass is 10.2. The number of esters is 1. The van der Waals surface area contributed by atoms with E-state index in [2.05, 4.69) is 5.32 Å². The molecular weight excluding hydrogens is 382 g/mol. The van der Waals surface area contributed by atoms with Gasteiger partial charge in [-0.15, -0.1) is 0 Å². The Labute approximate surface area is 168 Å². The van der Waals surface area contributed by atoms with Crippen molar-refractivity contribution in [2.45, 2.75) is 32.0 Å². The number of ether oxygens (including phenoxy) is 3. The largest absolute Gasteiger partial charge is 0.491 e. The van der Waals surface area contributed by atoms with Gasteiger partial charge in [-0.25, -0.2) is 4.79 Å². The molecule has 3 rings (SSSR count). The lowest BCUT2D eigenvalue weighted by Crippen LogP contribution is -2.30. The number of rotatable bonds is 7. The van der Waals surface area contributed by atoms with E-state index in [-0.39, 0.29) is 6.10 Å². The average Bonchev–Trinajstić information content (AvgIpc) is 3.20.